The molecule has 0 N–H and O–H groups in total. The molecule has 0 saturated heterocycles. The van der Waals surface area contributed by atoms with Crippen LogP contribution in [0.5, 0.6) is 0 Å². The monoisotopic (exact) mass is 196 g/mol. The van der Waals surface area contributed by atoms with E-state index >= 15 is 0 Å². The maximum atomic E-state index is 11.5. The number of imidazole rings is 1. The first-order valence-corrected chi connectivity index (χ1v) is 4.63. The Balaban J connectivity index is 3.00. The molecule has 0 aliphatic rings. The summed E-state index contributed by atoms with van der Waals surface area (Å²) in [5.74, 6) is 0.435. The molecule has 0 bridgehead atoms. The van der Waals surface area contributed by atoms with Gasteiger partial charge in [-0.1, -0.05) is 13.8 Å². The molecule has 0 aliphatic heterocycles. The van der Waals surface area contributed by atoms with Gasteiger partial charge in [0.15, 0.2) is 0 Å². The average Bonchev–Trinajstić information content (AvgIpc) is 2.52. The summed E-state index contributed by atoms with van der Waals surface area (Å²) in [4.78, 5) is 15.7. The highest BCUT2D eigenvalue weighted by molar-refractivity contribution is 5.77. The Labute approximate surface area is 83.9 Å². The maximum absolute atomic E-state index is 11.5. The Bertz CT molecular complexity index is 318. The summed E-state index contributed by atoms with van der Waals surface area (Å²) in [6.07, 6.45) is 3.52. The van der Waals surface area contributed by atoms with E-state index < -0.39 is 0 Å². The van der Waals surface area contributed by atoms with Gasteiger partial charge in [0.2, 0.25) is 0 Å². The normalized spacial score (nSPS) is 12.9. The third kappa shape index (κ3) is 1.95. The smallest absolute Gasteiger partial charge is 0.316 e. The van der Waals surface area contributed by atoms with E-state index in [2.05, 4.69) is 4.98 Å². The number of carbonyl (C=O) groups excluding carboxylic acids is 1. The van der Waals surface area contributed by atoms with Gasteiger partial charge < -0.3 is 9.30 Å². The summed E-state index contributed by atoms with van der Waals surface area (Å²) >= 11 is 0. The van der Waals surface area contributed by atoms with Crippen molar-refractivity contribution in [1.29, 1.82) is 0 Å². The molecule has 1 heterocycles. The zero-order valence-electron chi connectivity index (χ0n) is 9.02. The standard InChI is InChI=1S/C10H16N2O2/c1-7(2)8(10(13)14-4)9-11-5-6-12(9)3/h5-8H,1-4H3. The van der Waals surface area contributed by atoms with Gasteiger partial charge in [-0.05, 0) is 5.92 Å². The van der Waals surface area contributed by atoms with E-state index in [9.17, 15) is 4.79 Å². The minimum atomic E-state index is -0.278. The molecule has 0 spiro atoms. The minimum Gasteiger partial charge on any atom is -0.468 e. The predicted octanol–water partition coefficient (Wildman–Crippen LogP) is 1.33. The molecular weight excluding hydrogens is 180 g/mol. The lowest BCUT2D eigenvalue weighted by Gasteiger charge is -2.17. The summed E-state index contributed by atoms with van der Waals surface area (Å²) < 4.78 is 6.61. The molecule has 0 aromatic carbocycles. The van der Waals surface area contributed by atoms with Crippen LogP contribution in [0.1, 0.15) is 25.6 Å². The molecule has 0 amide bonds. The number of rotatable bonds is 3. The highest BCUT2D eigenvalue weighted by Crippen LogP contribution is 2.23. The fraction of sp³-hybridized carbons (Fsp3) is 0.600. The van der Waals surface area contributed by atoms with E-state index in [0.29, 0.717) is 0 Å². The summed E-state index contributed by atoms with van der Waals surface area (Å²) in [5.41, 5.74) is 0. The second-order valence-corrected chi connectivity index (χ2v) is 3.64. The van der Waals surface area contributed by atoms with Crippen LogP contribution in [0.25, 0.3) is 0 Å². The van der Waals surface area contributed by atoms with E-state index in [-0.39, 0.29) is 17.8 Å². The molecule has 1 unspecified atom stereocenters. The quantitative estimate of drug-likeness (QED) is 0.685. The molecule has 1 atom stereocenters. The van der Waals surface area contributed by atoms with Crippen molar-refractivity contribution in [2.45, 2.75) is 19.8 Å². The first-order valence-electron chi connectivity index (χ1n) is 4.63. The maximum Gasteiger partial charge on any atom is 0.316 e. The molecule has 0 saturated carbocycles. The predicted molar refractivity (Wildman–Crippen MR) is 52.8 cm³/mol. The van der Waals surface area contributed by atoms with Crippen molar-refractivity contribution in [3.63, 3.8) is 0 Å². The van der Waals surface area contributed by atoms with Crippen molar-refractivity contribution < 1.29 is 9.53 Å². The zero-order chi connectivity index (χ0) is 10.7. The molecule has 14 heavy (non-hydrogen) atoms. The van der Waals surface area contributed by atoms with E-state index in [1.165, 1.54) is 7.11 Å². The van der Waals surface area contributed by atoms with Crippen LogP contribution in [0.2, 0.25) is 0 Å². The lowest BCUT2D eigenvalue weighted by atomic mass is 9.95. The molecule has 4 nitrogen and oxygen atoms in total. The Morgan fingerprint density at radius 3 is 2.57 bits per heavy atom. The number of aromatic nitrogens is 2. The van der Waals surface area contributed by atoms with Gasteiger partial charge in [0.05, 0.1) is 7.11 Å². The van der Waals surface area contributed by atoms with Gasteiger partial charge in [-0.15, -0.1) is 0 Å². The zero-order valence-corrected chi connectivity index (χ0v) is 9.02. The number of hydrogen-bond donors (Lipinski definition) is 0. The fourth-order valence-electron chi connectivity index (χ4n) is 1.48. The second-order valence-electron chi connectivity index (χ2n) is 3.64. The van der Waals surface area contributed by atoms with E-state index in [1.54, 1.807) is 6.20 Å². The number of methoxy groups -OCH3 is 1. The third-order valence-corrected chi connectivity index (χ3v) is 2.26. The molecule has 4 heteroatoms. The van der Waals surface area contributed by atoms with Gasteiger partial charge in [-0.2, -0.15) is 0 Å². The SMILES string of the molecule is COC(=O)C(c1nccn1C)C(C)C. The molecular formula is C10H16N2O2. The third-order valence-electron chi connectivity index (χ3n) is 2.26. The van der Waals surface area contributed by atoms with Gasteiger partial charge in [-0.25, -0.2) is 4.98 Å². The van der Waals surface area contributed by atoms with Gasteiger partial charge >= 0.3 is 5.97 Å². The Hall–Kier alpha value is -1.32. The van der Waals surface area contributed by atoms with Crippen molar-refractivity contribution in [2.24, 2.45) is 13.0 Å². The number of ether oxygens (including phenoxy) is 1. The lowest BCUT2D eigenvalue weighted by molar-refractivity contribution is -0.143. The van der Waals surface area contributed by atoms with Crippen LogP contribution in [0.15, 0.2) is 12.4 Å². The lowest BCUT2D eigenvalue weighted by Crippen LogP contribution is -2.22. The van der Waals surface area contributed by atoms with Crippen LogP contribution in [0.3, 0.4) is 0 Å². The molecule has 1 rings (SSSR count). The van der Waals surface area contributed by atoms with Crippen molar-refractivity contribution in [3.8, 4) is 0 Å². The molecule has 1 aromatic heterocycles. The summed E-state index contributed by atoms with van der Waals surface area (Å²) in [6.45, 7) is 3.96. The van der Waals surface area contributed by atoms with E-state index in [1.807, 2.05) is 31.7 Å². The number of carbonyl (C=O) groups is 1. The first kappa shape index (κ1) is 10.8. The minimum absolute atomic E-state index is 0.184. The van der Waals surface area contributed by atoms with Crippen molar-refractivity contribution in [2.75, 3.05) is 7.11 Å². The average molecular weight is 196 g/mol. The van der Waals surface area contributed by atoms with Gasteiger partial charge in [-0.3, -0.25) is 4.79 Å². The Morgan fingerprint density at radius 2 is 2.21 bits per heavy atom. The van der Waals surface area contributed by atoms with Crippen LogP contribution >= 0.6 is 0 Å². The van der Waals surface area contributed by atoms with E-state index in [4.69, 9.17) is 4.74 Å². The Morgan fingerprint density at radius 1 is 1.57 bits per heavy atom. The van der Waals surface area contributed by atoms with Crippen molar-refractivity contribution in [1.82, 2.24) is 9.55 Å². The molecule has 0 aliphatic carbocycles. The number of esters is 1. The van der Waals surface area contributed by atoms with Gasteiger partial charge in [0, 0.05) is 19.4 Å². The van der Waals surface area contributed by atoms with Crippen LogP contribution in [-0.4, -0.2) is 22.6 Å². The van der Waals surface area contributed by atoms with Gasteiger partial charge in [0.1, 0.15) is 11.7 Å². The van der Waals surface area contributed by atoms with Crippen molar-refractivity contribution in [3.05, 3.63) is 18.2 Å². The largest absolute Gasteiger partial charge is 0.468 e. The number of nitrogens with zero attached hydrogens (tertiary/aromatic N) is 2. The molecule has 0 fully saturated rings. The summed E-state index contributed by atoms with van der Waals surface area (Å²) in [5, 5.41) is 0. The van der Waals surface area contributed by atoms with Crippen LogP contribution < -0.4 is 0 Å². The summed E-state index contributed by atoms with van der Waals surface area (Å²) in [6, 6.07) is 0. The first-order chi connectivity index (χ1) is 6.57. The highest BCUT2D eigenvalue weighted by atomic mass is 16.5. The number of hydrogen-bond acceptors (Lipinski definition) is 3. The Kier molecular flexibility index (Phi) is 3.28. The second kappa shape index (κ2) is 4.26. The van der Waals surface area contributed by atoms with Crippen molar-refractivity contribution >= 4 is 5.97 Å². The van der Waals surface area contributed by atoms with Crippen LogP contribution in [-0.2, 0) is 16.6 Å². The summed E-state index contributed by atoms with van der Waals surface area (Å²) in [7, 11) is 3.28. The van der Waals surface area contributed by atoms with Crippen LogP contribution in [0, 0.1) is 5.92 Å². The fourth-order valence-corrected chi connectivity index (χ4v) is 1.48. The topological polar surface area (TPSA) is 44.1 Å². The molecule has 0 radical (unpaired) electrons. The number of aryl methyl sites for hydroxylation is 1. The highest BCUT2D eigenvalue weighted by Gasteiger charge is 2.28. The molecule has 1 aromatic rings. The van der Waals surface area contributed by atoms with E-state index in [0.717, 1.165) is 5.82 Å². The van der Waals surface area contributed by atoms with Crippen LogP contribution in [0.4, 0.5) is 0 Å². The van der Waals surface area contributed by atoms with Gasteiger partial charge in [0.25, 0.3) is 0 Å². The molecule has 78 valence electrons.